The number of para-hydroxylation sites is 1. The fourth-order valence-corrected chi connectivity index (χ4v) is 4.19. The van der Waals surface area contributed by atoms with E-state index in [4.69, 9.17) is 4.74 Å². The Hall–Kier alpha value is -4.37. The number of rotatable bonds is 5. The molecule has 9 nitrogen and oxygen atoms in total. The van der Waals surface area contributed by atoms with Crippen molar-refractivity contribution in [3.8, 4) is 17.2 Å². The lowest BCUT2D eigenvalue weighted by Gasteiger charge is -2.29. The molecule has 0 unspecified atom stereocenters. The van der Waals surface area contributed by atoms with Gasteiger partial charge in [-0.05, 0) is 44.4 Å². The zero-order valence-electron chi connectivity index (χ0n) is 19.3. The molecule has 1 aliphatic carbocycles. The van der Waals surface area contributed by atoms with Crippen LogP contribution >= 0.6 is 0 Å². The summed E-state index contributed by atoms with van der Waals surface area (Å²) in [7, 11) is 3.97. The summed E-state index contributed by atoms with van der Waals surface area (Å²) in [4.78, 5) is 35.4. The van der Waals surface area contributed by atoms with Crippen molar-refractivity contribution in [2.24, 2.45) is 0 Å². The minimum Gasteiger partial charge on any atom is -0.507 e. The fourth-order valence-electron chi connectivity index (χ4n) is 4.19. The van der Waals surface area contributed by atoms with Gasteiger partial charge in [0, 0.05) is 18.7 Å². The molecular formula is C26H24N4O5. The lowest BCUT2D eigenvalue weighted by atomic mass is 9.89. The maximum Gasteiger partial charge on any atom is 0.235 e. The molecule has 0 amide bonds. The molecule has 178 valence electrons. The second kappa shape index (κ2) is 8.77. The van der Waals surface area contributed by atoms with Gasteiger partial charge in [-0.25, -0.2) is 4.98 Å². The second-order valence-corrected chi connectivity index (χ2v) is 8.62. The van der Waals surface area contributed by atoms with Crippen LogP contribution in [0.4, 0.5) is 11.5 Å². The summed E-state index contributed by atoms with van der Waals surface area (Å²) in [5.74, 6) is -1.18. The molecule has 3 N–H and O–H groups in total. The van der Waals surface area contributed by atoms with Crippen LogP contribution in [-0.2, 0) is 6.54 Å². The summed E-state index contributed by atoms with van der Waals surface area (Å²) in [5, 5.41) is 24.0. The number of benzene rings is 2. The zero-order valence-corrected chi connectivity index (χ0v) is 19.3. The number of carbonyl (C=O) groups excluding carboxylic acids is 2. The Morgan fingerprint density at radius 3 is 2.40 bits per heavy atom. The average molecular weight is 473 g/mol. The van der Waals surface area contributed by atoms with Crippen LogP contribution in [0.3, 0.4) is 0 Å². The smallest absolute Gasteiger partial charge is 0.235 e. The van der Waals surface area contributed by atoms with Gasteiger partial charge in [-0.1, -0.05) is 18.2 Å². The Bertz CT molecular complexity index is 1360. The molecule has 5 rings (SSSR count). The molecule has 35 heavy (non-hydrogen) atoms. The molecule has 0 bridgehead atoms. The lowest BCUT2D eigenvalue weighted by Crippen LogP contribution is -2.34. The molecule has 2 aliphatic rings. The number of fused-ring (bicyclic) bond motifs is 2. The molecule has 1 aromatic heterocycles. The number of pyridine rings is 1. The van der Waals surface area contributed by atoms with Crippen molar-refractivity contribution in [1.82, 2.24) is 9.88 Å². The number of aromatic hydroxyl groups is 2. The number of phenols is 2. The van der Waals surface area contributed by atoms with Gasteiger partial charge in [-0.3, -0.25) is 9.59 Å². The molecule has 0 fully saturated rings. The molecule has 3 aromatic rings. The van der Waals surface area contributed by atoms with Crippen LogP contribution in [-0.4, -0.2) is 58.8 Å². The number of Topliss-reactive ketones (excluding diaryl/α,β-unsaturated/α-hetero) is 2. The van der Waals surface area contributed by atoms with Crippen LogP contribution in [0.15, 0.2) is 66.2 Å². The van der Waals surface area contributed by atoms with E-state index < -0.39 is 17.3 Å². The number of allylic oxidation sites excluding steroid dienone is 2. The van der Waals surface area contributed by atoms with Crippen molar-refractivity contribution in [3.63, 3.8) is 0 Å². The van der Waals surface area contributed by atoms with Crippen molar-refractivity contribution in [3.05, 3.63) is 82.9 Å². The highest BCUT2D eigenvalue weighted by molar-refractivity contribution is 6.29. The second-order valence-electron chi connectivity index (χ2n) is 8.62. The maximum atomic E-state index is 13.7. The molecule has 1 aliphatic heterocycles. The van der Waals surface area contributed by atoms with E-state index in [1.54, 1.807) is 35.4 Å². The van der Waals surface area contributed by atoms with E-state index in [1.165, 1.54) is 12.1 Å². The quantitative estimate of drug-likeness (QED) is 0.482. The molecule has 2 aromatic carbocycles. The topological polar surface area (TPSA) is 115 Å². The number of likely N-dealkylation sites (N-methyl/N-ethyl adjacent to an activating group) is 1. The van der Waals surface area contributed by atoms with Crippen molar-refractivity contribution >= 4 is 23.1 Å². The number of aromatic nitrogens is 1. The summed E-state index contributed by atoms with van der Waals surface area (Å²) in [6, 6.07) is 13.2. The van der Waals surface area contributed by atoms with Crippen LogP contribution in [0.2, 0.25) is 0 Å². The van der Waals surface area contributed by atoms with Crippen LogP contribution in [0.25, 0.3) is 0 Å². The van der Waals surface area contributed by atoms with E-state index in [1.807, 2.05) is 26.2 Å². The molecule has 2 heterocycles. The first-order chi connectivity index (χ1) is 16.8. The molecule has 0 atom stereocenters. The SMILES string of the molecule is CN(C)CCNc1ccc(N2Cc3ccccc3OC3=C2C(=O)c2c(O)ccc(O)c2C3=O)cn1. The minimum absolute atomic E-state index is 0.0188. The summed E-state index contributed by atoms with van der Waals surface area (Å²) in [5.41, 5.74) is 0.790. The Labute approximate surface area is 201 Å². The van der Waals surface area contributed by atoms with Crippen LogP contribution in [0.5, 0.6) is 17.2 Å². The highest BCUT2D eigenvalue weighted by atomic mass is 16.5. The molecule has 0 spiro atoms. The van der Waals surface area contributed by atoms with E-state index in [0.29, 0.717) is 23.8 Å². The van der Waals surface area contributed by atoms with Crippen LogP contribution in [0.1, 0.15) is 26.3 Å². The number of phenolic OH excluding ortho intramolecular Hbond substituents is 2. The van der Waals surface area contributed by atoms with Gasteiger partial charge in [0.15, 0.2) is 0 Å². The van der Waals surface area contributed by atoms with E-state index >= 15 is 0 Å². The summed E-state index contributed by atoms with van der Waals surface area (Å²) in [6.07, 6.45) is 1.62. The monoisotopic (exact) mass is 472 g/mol. The van der Waals surface area contributed by atoms with E-state index in [-0.39, 0.29) is 34.9 Å². The Balaban J connectivity index is 1.60. The van der Waals surface area contributed by atoms with Gasteiger partial charge in [0.1, 0.15) is 28.8 Å². The number of carbonyl (C=O) groups is 2. The largest absolute Gasteiger partial charge is 0.507 e. The zero-order chi connectivity index (χ0) is 24.7. The summed E-state index contributed by atoms with van der Waals surface area (Å²) in [6.45, 7) is 1.79. The van der Waals surface area contributed by atoms with Gasteiger partial charge in [0.2, 0.25) is 17.3 Å². The third-order valence-electron chi connectivity index (χ3n) is 5.96. The predicted octanol–water partition coefficient (Wildman–Crippen LogP) is 3.16. The lowest BCUT2D eigenvalue weighted by molar-refractivity contribution is 0.0931. The Kier molecular flexibility index (Phi) is 5.62. The summed E-state index contributed by atoms with van der Waals surface area (Å²) >= 11 is 0. The number of hydrogen-bond donors (Lipinski definition) is 3. The summed E-state index contributed by atoms with van der Waals surface area (Å²) < 4.78 is 5.98. The number of hydrogen-bond acceptors (Lipinski definition) is 9. The van der Waals surface area contributed by atoms with E-state index in [9.17, 15) is 19.8 Å². The Morgan fingerprint density at radius 1 is 1.00 bits per heavy atom. The van der Waals surface area contributed by atoms with Crippen molar-refractivity contribution in [2.75, 3.05) is 37.4 Å². The molecule has 0 saturated heterocycles. The van der Waals surface area contributed by atoms with Gasteiger partial charge >= 0.3 is 0 Å². The first-order valence-electron chi connectivity index (χ1n) is 11.1. The van der Waals surface area contributed by atoms with Crippen LogP contribution in [0, 0.1) is 0 Å². The normalized spacial score (nSPS) is 14.8. The van der Waals surface area contributed by atoms with Gasteiger partial charge in [0.05, 0.1) is 29.6 Å². The number of ketones is 2. The van der Waals surface area contributed by atoms with Crippen molar-refractivity contribution in [2.45, 2.75) is 6.54 Å². The minimum atomic E-state index is -0.681. The number of ether oxygens (including phenoxy) is 1. The highest BCUT2D eigenvalue weighted by Crippen LogP contribution is 2.42. The molecule has 9 heteroatoms. The van der Waals surface area contributed by atoms with E-state index in [2.05, 4.69) is 15.2 Å². The number of nitrogens with zero attached hydrogens (tertiary/aromatic N) is 3. The maximum absolute atomic E-state index is 13.7. The first kappa shape index (κ1) is 22.4. The highest BCUT2D eigenvalue weighted by Gasteiger charge is 2.42. The molecule has 0 radical (unpaired) electrons. The van der Waals surface area contributed by atoms with Gasteiger partial charge in [-0.15, -0.1) is 0 Å². The molecule has 0 saturated carbocycles. The average Bonchev–Trinajstić information content (AvgIpc) is 3.02. The fraction of sp³-hybridized carbons (Fsp3) is 0.192. The third-order valence-corrected chi connectivity index (χ3v) is 5.96. The standard InChI is InChI=1S/C26H24N4O5/c1-29(2)12-11-27-20-10-7-16(13-28-20)30-14-15-5-3-4-6-19(15)35-26-23(30)24(33)21-17(31)8-9-18(32)22(21)25(26)34/h3-10,13,31-32H,11-12,14H2,1-2H3,(H,27,28). The van der Waals surface area contributed by atoms with E-state index in [0.717, 1.165) is 12.1 Å². The van der Waals surface area contributed by atoms with Gasteiger partial charge < -0.3 is 30.1 Å². The van der Waals surface area contributed by atoms with Crippen molar-refractivity contribution < 1.29 is 24.5 Å². The van der Waals surface area contributed by atoms with Gasteiger partial charge in [-0.2, -0.15) is 0 Å². The van der Waals surface area contributed by atoms with Gasteiger partial charge in [0.25, 0.3) is 0 Å². The van der Waals surface area contributed by atoms with Crippen LogP contribution < -0.4 is 15.0 Å². The predicted molar refractivity (Wildman–Crippen MR) is 130 cm³/mol. The van der Waals surface area contributed by atoms with Crippen molar-refractivity contribution in [1.29, 1.82) is 0 Å². The molecular weight excluding hydrogens is 448 g/mol. The Morgan fingerprint density at radius 2 is 1.71 bits per heavy atom. The third kappa shape index (κ3) is 3.95. The number of nitrogens with one attached hydrogen (secondary N) is 1. The number of anilines is 2. The first-order valence-corrected chi connectivity index (χ1v) is 11.1.